The molecule has 0 fully saturated rings. The van der Waals surface area contributed by atoms with Crippen molar-refractivity contribution in [2.75, 3.05) is 22.5 Å². The van der Waals surface area contributed by atoms with Crippen molar-refractivity contribution in [2.45, 2.75) is 20.0 Å². The van der Waals surface area contributed by atoms with Crippen molar-refractivity contribution in [2.24, 2.45) is 0 Å². The molecule has 2 amide bonds. The van der Waals surface area contributed by atoms with Gasteiger partial charge in [0.05, 0.1) is 16.9 Å². The standard InChI is InChI=1S/C19H19N3O4/c1-11-6-5-7-13(17(11)20)19(25)26-12(2)18(24)22-10-16(23)21-14-8-3-4-9-15(14)22/h3-9,12H,10,20H2,1-2H3,(H,21,23)/t12-/m1/s1. The number of ether oxygens (including phenoxy) is 1. The molecule has 134 valence electrons. The lowest BCUT2D eigenvalue weighted by atomic mass is 10.1. The highest BCUT2D eigenvalue weighted by Gasteiger charge is 2.31. The van der Waals surface area contributed by atoms with Crippen LogP contribution in [0.5, 0.6) is 0 Å². The average Bonchev–Trinajstić information content (AvgIpc) is 2.62. The number of para-hydroxylation sites is 3. The third-order valence-corrected chi connectivity index (χ3v) is 4.21. The number of nitrogen functional groups attached to an aromatic ring is 1. The van der Waals surface area contributed by atoms with Gasteiger partial charge in [-0.2, -0.15) is 0 Å². The highest BCUT2D eigenvalue weighted by molar-refractivity contribution is 6.11. The predicted molar refractivity (Wildman–Crippen MR) is 97.9 cm³/mol. The van der Waals surface area contributed by atoms with Gasteiger partial charge in [-0.05, 0) is 37.6 Å². The first-order valence-corrected chi connectivity index (χ1v) is 8.15. The summed E-state index contributed by atoms with van der Waals surface area (Å²) in [4.78, 5) is 38.3. The number of benzene rings is 2. The summed E-state index contributed by atoms with van der Waals surface area (Å²) < 4.78 is 5.30. The fourth-order valence-corrected chi connectivity index (χ4v) is 2.78. The first-order valence-electron chi connectivity index (χ1n) is 8.15. The van der Waals surface area contributed by atoms with Gasteiger partial charge >= 0.3 is 5.97 Å². The van der Waals surface area contributed by atoms with Gasteiger partial charge in [0.1, 0.15) is 6.54 Å². The molecule has 1 aliphatic rings. The Kier molecular flexibility index (Phi) is 4.62. The number of hydrogen-bond acceptors (Lipinski definition) is 5. The van der Waals surface area contributed by atoms with Gasteiger partial charge in [-0.15, -0.1) is 0 Å². The molecule has 2 aromatic carbocycles. The second-order valence-electron chi connectivity index (χ2n) is 6.07. The molecule has 7 nitrogen and oxygen atoms in total. The summed E-state index contributed by atoms with van der Waals surface area (Å²) in [6.45, 7) is 3.12. The van der Waals surface area contributed by atoms with Gasteiger partial charge in [0.25, 0.3) is 5.91 Å². The van der Waals surface area contributed by atoms with E-state index in [1.54, 1.807) is 49.4 Å². The molecule has 0 unspecified atom stereocenters. The van der Waals surface area contributed by atoms with Crippen LogP contribution in [-0.4, -0.2) is 30.4 Å². The number of rotatable bonds is 3. The molecular weight excluding hydrogens is 334 g/mol. The second kappa shape index (κ2) is 6.87. The summed E-state index contributed by atoms with van der Waals surface area (Å²) in [5, 5.41) is 2.71. The van der Waals surface area contributed by atoms with Crippen molar-refractivity contribution >= 4 is 34.8 Å². The molecule has 0 spiro atoms. The summed E-state index contributed by atoms with van der Waals surface area (Å²) in [5.41, 5.74) is 8.29. The molecule has 3 N–H and O–H groups in total. The molecule has 26 heavy (non-hydrogen) atoms. The predicted octanol–water partition coefficient (Wildman–Crippen LogP) is 2.11. The molecule has 1 heterocycles. The quantitative estimate of drug-likeness (QED) is 0.650. The molecule has 7 heteroatoms. The Bertz CT molecular complexity index is 894. The lowest BCUT2D eigenvalue weighted by Gasteiger charge is -2.30. The van der Waals surface area contributed by atoms with Gasteiger partial charge in [-0.1, -0.05) is 24.3 Å². The topological polar surface area (TPSA) is 102 Å². The Morgan fingerprint density at radius 2 is 1.92 bits per heavy atom. The summed E-state index contributed by atoms with van der Waals surface area (Å²) in [5.74, 6) is -1.47. The Balaban J connectivity index is 1.79. The minimum atomic E-state index is -1.07. The maximum Gasteiger partial charge on any atom is 0.341 e. The smallest absolute Gasteiger partial charge is 0.341 e. The average molecular weight is 353 g/mol. The zero-order chi connectivity index (χ0) is 18.8. The third kappa shape index (κ3) is 3.23. The van der Waals surface area contributed by atoms with E-state index in [9.17, 15) is 14.4 Å². The summed E-state index contributed by atoms with van der Waals surface area (Å²) in [6, 6.07) is 12.0. The van der Waals surface area contributed by atoms with E-state index < -0.39 is 18.0 Å². The van der Waals surface area contributed by atoms with Crippen molar-refractivity contribution in [3.63, 3.8) is 0 Å². The molecule has 0 bridgehead atoms. The highest BCUT2D eigenvalue weighted by atomic mass is 16.5. The number of nitrogens with one attached hydrogen (secondary N) is 1. The van der Waals surface area contributed by atoms with Crippen LogP contribution in [0.4, 0.5) is 17.1 Å². The first kappa shape index (κ1) is 17.5. The van der Waals surface area contributed by atoms with Crippen LogP contribution in [0.2, 0.25) is 0 Å². The Morgan fingerprint density at radius 3 is 2.69 bits per heavy atom. The number of carbonyl (C=O) groups is 3. The van der Waals surface area contributed by atoms with E-state index in [0.29, 0.717) is 17.1 Å². The van der Waals surface area contributed by atoms with Crippen LogP contribution in [0.25, 0.3) is 0 Å². The van der Waals surface area contributed by atoms with Gasteiger partial charge in [-0.3, -0.25) is 14.5 Å². The van der Waals surface area contributed by atoms with E-state index in [4.69, 9.17) is 10.5 Å². The second-order valence-corrected chi connectivity index (χ2v) is 6.07. The molecule has 0 aromatic heterocycles. The van der Waals surface area contributed by atoms with Gasteiger partial charge in [0.15, 0.2) is 6.10 Å². The van der Waals surface area contributed by atoms with Crippen LogP contribution in [-0.2, 0) is 14.3 Å². The number of carbonyl (C=O) groups excluding carboxylic acids is 3. The van der Waals surface area contributed by atoms with E-state index in [1.165, 1.54) is 11.8 Å². The van der Waals surface area contributed by atoms with E-state index in [0.717, 1.165) is 5.56 Å². The number of nitrogens with two attached hydrogens (primary N) is 1. The number of aryl methyl sites for hydroxylation is 1. The van der Waals surface area contributed by atoms with Crippen molar-refractivity contribution in [1.29, 1.82) is 0 Å². The van der Waals surface area contributed by atoms with Crippen LogP contribution in [0, 0.1) is 6.92 Å². The Labute approximate surface area is 150 Å². The fourth-order valence-electron chi connectivity index (χ4n) is 2.78. The van der Waals surface area contributed by atoms with Crippen LogP contribution < -0.4 is 16.0 Å². The van der Waals surface area contributed by atoms with Crippen molar-refractivity contribution in [1.82, 2.24) is 0 Å². The first-order chi connectivity index (χ1) is 12.4. The monoisotopic (exact) mass is 353 g/mol. The maximum absolute atomic E-state index is 12.8. The normalized spacial score (nSPS) is 14.2. The molecule has 1 aliphatic heterocycles. The van der Waals surface area contributed by atoms with Gasteiger partial charge in [-0.25, -0.2) is 4.79 Å². The van der Waals surface area contributed by atoms with Gasteiger partial charge < -0.3 is 15.8 Å². The minimum absolute atomic E-state index is 0.135. The number of amides is 2. The van der Waals surface area contributed by atoms with E-state index in [2.05, 4.69) is 5.32 Å². The summed E-state index contributed by atoms with van der Waals surface area (Å²) in [7, 11) is 0. The van der Waals surface area contributed by atoms with Crippen LogP contribution in [0.3, 0.4) is 0 Å². The Hall–Kier alpha value is -3.35. The number of fused-ring (bicyclic) bond motifs is 1. The van der Waals surface area contributed by atoms with Crippen molar-refractivity contribution < 1.29 is 19.1 Å². The SMILES string of the molecule is Cc1cccc(C(=O)O[C@H](C)C(=O)N2CC(=O)Nc3ccccc32)c1N. The minimum Gasteiger partial charge on any atom is -0.449 e. The largest absolute Gasteiger partial charge is 0.449 e. The molecule has 0 saturated heterocycles. The molecule has 3 rings (SSSR count). The molecular formula is C19H19N3O4. The maximum atomic E-state index is 12.8. The van der Waals surface area contributed by atoms with Crippen LogP contribution in [0.1, 0.15) is 22.8 Å². The number of esters is 1. The summed E-state index contributed by atoms with van der Waals surface area (Å²) >= 11 is 0. The van der Waals surface area contributed by atoms with Gasteiger partial charge in [0, 0.05) is 5.69 Å². The van der Waals surface area contributed by atoms with Crippen LogP contribution in [0.15, 0.2) is 42.5 Å². The van der Waals surface area contributed by atoms with E-state index in [1.807, 2.05) is 0 Å². The summed E-state index contributed by atoms with van der Waals surface area (Å²) in [6.07, 6.45) is -1.07. The van der Waals surface area contributed by atoms with Gasteiger partial charge in [0.2, 0.25) is 5.91 Å². The molecule has 0 aliphatic carbocycles. The lowest BCUT2D eigenvalue weighted by Crippen LogP contribution is -2.47. The Morgan fingerprint density at radius 1 is 1.19 bits per heavy atom. The van der Waals surface area contributed by atoms with Crippen molar-refractivity contribution in [3.05, 3.63) is 53.6 Å². The zero-order valence-corrected chi connectivity index (χ0v) is 14.5. The molecule has 0 radical (unpaired) electrons. The van der Waals surface area contributed by atoms with E-state index in [-0.39, 0.29) is 18.0 Å². The fraction of sp³-hybridized carbons (Fsp3) is 0.211. The molecule has 0 saturated carbocycles. The zero-order valence-electron chi connectivity index (χ0n) is 14.5. The number of nitrogens with zero attached hydrogens (tertiary/aromatic N) is 1. The highest BCUT2D eigenvalue weighted by Crippen LogP contribution is 2.29. The van der Waals surface area contributed by atoms with E-state index >= 15 is 0 Å². The number of hydrogen-bond donors (Lipinski definition) is 2. The lowest BCUT2D eigenvalue weighted by molar-refractivity contribution is -0.128. The van der Waals surface area contributed by atoms with Crippen LogP contribution >= 0.6 is 0 Å². The van der Waals surface area contributed by atoms with Crippen molar-refractivity contribution in [3.8, 4) is 0 Å². The third-order valence-electron chi connectivity index (χ3n) is 4.21. The molecule has 2 aromatic rings. The number of anilines is 3. The molecule has 1 atom stereocenters.